The van der Waals surface area contributed by atoms with Crippen LogP contribution < -0.4 is 10.1 Å². The number of hydrogen-bond acceptors (Lipinski definition) is 3. The molecule has 0 saturated heterocycles. The Hall–Kier alpha value is -2.79. The van der Waals surface area contributed by atoms with Crippen LogP contribution in [0.15, 0.2) is 71.3 Å². The SMILES string of the molecule is CCOc1ccc(NC(=S)N(Cc2ccco2)Cc2ccccc2C)cc1. The predicted molar refractivity (Wildman–Crippen MR) is 113 cm³/mol. The van der Waals surface area contributed by atoms with E-state index in [0.717, 1.165) is 17.2 Å². The summed E-state index contributed by atoms with van der Waals surface area (Å²) in [5.74, 6) is 1.72. The highest BCUT2D eigenvalue weighted by atomic mass is 32.1. The van der Waals surface area contributed by atoms with Crippen molar-refractivity contribution in [1.82, 2.24) is 4.90 Å². The van der Waals surface area contributed by atoms with Gasteiger partial charge >= 0.3 is 0 Å². The Labute approximate surface area is 165 Å². The molecule has 1 heterocycles. The second-order valence-corrected chi connectivity index (χ2v) is 6.64. The van der Waals surface area contributed by atoms with Crippen molar-refractivity contribution in [1.29, 1.82) is 0 Å². The van der Waals surface area contributed by atoms with E-state index in [1.165, 1.54) is 11.1 Å². The topological polar surface area (TPSA) is 37.6 Å². The third-order valence-corrected chi connectivity index (χ3v) is 4.61. The molecule has 0 spiro atoms. The number of aryl methyl sites for hydroxylation is 1. The minimum absolute atomic E-state index is 0.601. The maximum atomic E-state index is 5.70. The van der Waals surface area contributed by atoms with Crippen molar-refractivity contribution in [3.05, 3.63) is 83.8 Å². The monoisotopic (exact) mass is 380 g/mol. The van der Waals surface area contributed by atoms with Crippen molar-refractivity contribution >= 4 is 23.0 Å². The molecule has 140 valence electrons. The Bertz CT molecular complexity index is 860. The van der Waals surface area contributed by atoms with Crippen LogP contribution in [0.4, 0.5) is 5.69 Å². The first-order valence-corrected chi connectivity index (χ1v) is 9.42. The van der Waals surface area contributed by atoms with E-state index in [9.17, 15) is 0 Å². The van der Waals surface area contributed by atoms with Crippen molar-refractivity contribution in [2.45, 2.75) is 26.9 Å². The van der Waals surface area contributed by atoms with Gasteiger partial charge in [-0.05, 0) is 73.6 Å². The molecule has 3 rings (SSSR count). The molecule has 0 radical (unpaired) electrons. The lowest BCUT2D eigenvalue weighted by molar-refractivity contribution is 0.340. The highest BCUT2D eigenvalue weighted by Crippen LogP contribution is 2.19. The van der Waals surface area contributed by atoms with E-state index in [1.807, 2.05) is 49.4 Å². The summed E-state index contributed by atoms with van der Waals surface area (Å²) in [6.07, 6.45) is 1.68. The van der Waals surface area contributed by atoms with Crippen molar-refractivity contribution < 1.29 is 9.15 Å². The molecule has 1 N–H and O–H groups in total. The zero-order valence-corrected chi connectivity index (χ0v) is 16.5. The van der Waals surface area contributed by atoms with E-state index in [1.54, 1.807) is 6.26 Å². The number of anilines is 1. The Morgan fingerprint density at radius 2 is 1.81 bits per heavy atom. The van der Waals surface area contributed by atoms with Gasteiger partial charge < -0.3 is 19.4 Å². The second-order valence-electron chi connectivity index (χ2n) is 6.25. The van der Waals surface area contributed by atoms with Crippen molar-refractivity contribution in [3.63, 3.8) is 0 Å². The molecule has 0 amide bonds. The molecule has 4 nitrogen and oxygen atoms in total. The Morgan fingerprint density at radius 1 is 1.04 bits per heavy atom. The summed E-state index contributed by atoms with van der Waals surface area (Å²) in [5, 5.41) is 3.98. The number of rotatable bonds is 7. The lowest BCUT2D eigenvalue weighted by Crippen LogP contribution is -2.33. The van der Waals surface area contributed by atoms with Crippen LogP contribution in [-0.2, 0) is 13.1 Å². The number of nitrogens with zero attached hydrogens (tertiary/aromatic N) is 1. The molecule has 1 aromatic heterocycles. The Morgan fingerprint density at radius 3 is 2.48 bits per heavy atom. The fourth-order valence-corrected chi connectivity index (χ4v) is 3.03. The van der Waals surface area contributed by atoms with E-state index < -0.39 is 0 Å². The largest absolute Gasteiger partial charge is 0.494 e. The smallest absolute Gasteiger partial charge is 0.174 e. The van der Waals surface area contributed by atoms with Gasteiger partial charge in [0.05, 0.1) is 19.4 Å². The summed E-state index contributed by atoms with van der Waals surface area (Å²) in [4.78, 5) is 2.10. The fourth-order valence-electron chi connectivity index (χ4n) is 2.79. The molecule has 0 unspecified atom stereocenters. The van der Waals surface area contributed by atoms with Crippen LogP contribution in [0.25, 0.3) is 0 Å². The highest BCUT2D eigenvalue weighted by Gasteiger charge is 2.14. The number of nitrogens with one attached hydrogen (secondary N) is 1. The number of thiocarbonyl (C=S) groups is 1. The summed E-state index contributed by atoms with van der Waals surface area (Å²) >= 11 is 5.70. The van der Waals surface area contributed by atoms with Gasteiger partial charge in [-0.2, -0.15) is 0 Å². The van der Waals surface area contributed by atoms with Gasteiger partial charge in [-0.15, -0.1) is 0 Å². The molecule has 0 fully saturated rings. The number of hydrogen-bond donors (Lipinski definition) is 1. The number of ether oxygens (including phenoxy) is 1. The summed E-state index contributed by atoms with van der Waals surface area (Å²) in [6.45, 7) is 6.04. The second kappa shape index (κ2) is 9.24. The van der Waals surface area contributed by atoms with Crippen molar-refractivity contribution in [2.24, 2.45) is 0 Å². The molecule has 0 aliphatic heterocycles. The zero-order chi connectivity index (χ0) is 19.1. The molecule has 0 atom stereocenters. The summed E-state index contributed by atoms with van der Waals surface area (Å²) < 4.78 is 11.0. The normalized spacial score (nSPS) is 10.4. The standard InChI is InChI=1S/C22H24N2O2S/c1-3-25-20-12-10-19(11-13-20)23-22(27)24(16-21-9-6-14-26-21)15-18-8-5-4-7-17(18)2/h4-14H,3,15-16H2,1-2H3,(H,23,27). The van der Waals surface area contributed by atoms with Crippen molar-refractivity contribution in [3.8, 4) is 5.75 Å². The maximum Gasteiger partial charge on any atom is 0.174 e. The minimum Gasteiger partial charge on any atom is -0.494 e. The van der Waals surface area contributed by atoms with Crippen LogP contribution in [0.5, 0.6) is 5.75 Å². The summed E-state index contributed by atoms with van der Waals surface area (Å²) in [7, 11) is 0. The zero-order valence-electron chi connectivity index (χ0n) is 15.6. The van der Waals surface area contributed by atoms with Gasteiger partial charge in [-0.1, -0.05) is 24.3 Å². The molecule has 0 bridgehead atoms. The Kier molecular flexibility index (Phi) is 6.49. The van der Waals surface area contributed by atoms with E-state index in [0.29, 0.717) is 24.8 Å². The van der Waals surface area contributed by atoms with Crippen LogP contribution in [0.3, 0.4) is 0 Å². The minimum atomic E-state index is 0.601. The van der Waals surface area contributed by atoms with E-state index in [-0.39, 0.29) is 0 Å². The van der Waals surface area contributed by atoms with Crippen LogP contribution in [0.1, 0.15) is 23.8 Å². The number of benzene rings is 2. The third kappa shape index (κ3) is 5.34. The van der Waals surface area contributed by atoms with Gasteiger partial charge in [0.25, 0.3) is 0 Å². The first-order valence-electron chi connectivity index (χ1n) is 9.01. The molecule has 0 saturated carbocycles. The molecule has 0 aliphatic rings. The van der Waals surface area contributed by atoms with Crippen LogP contribution >= 0.6 is 12.2 Å². The lowest BCUT2D eigenvalue weighted by atomic mass is 10.1. The molecular formula is C22H24N2O2S. The van der Waals surface area contributed by atoms with Gasteiger partial charge in [0, 0.05) is 12.2 Å². The first-order chi connectivity index (χ1) is 13.2. The van der Waals surface area contributed by atoms with Crippen molar-refractivity contribution in [2.75, 3.05) is 11.9 Å². The summed E-state index contributed by atoms with van der Waals surface area (Å²) in [5.41, 5.74) is 3.41. The molecule has 27 heavy (non-hydrogen) atoms. The molecular weight excluding hydrogens is 356 g/mol. The average molecular weight is 381 g/mol. The first kappa shape index (κ1) is 19.0. The van der Waals surface area contributed by atoms with Gasteiger partial charge in [0.2, 0.25) is 0 Å². The van der Waals surface area contributed by atoms with Gasteiger partial charge in [-0.3, -0.25) is 0 Å². The van der Waals surface area contributed by atoms with Crippen LogP contribution in [0, 0.1) is 6.92 Å². The quantitative estimate of drug-likeness (QED) is 0.557. The third-order valence-electron chi connectivity index (χ3n) is 4.25. The number of furan rings is 1. The lowest BCUT2D eigenvalue weighted by Gasteiger charge is -2.26. The average Bonchev–Trinajstić information content (AvgIpc) is 3.18. The fraction of sp³-hybridized carbons (Fsp3) is 0.227. The van der Waals surface area contributed by atoms with Crippen LogP contribution in [0.2, 0.25) is 0 Å². The molecule has 0 aliphatic carbocycles. The van der Waals surface area contributed by atoms with Gasteiger partial charge in [0.15, 0.2) is 5.11 Å². The van der Waals surface area contributed by atoms with Gasteiger partial charge in [-0.25, -0.2) is 0 Å². The predicted octanol–water partition coefficient (Wildman–Crippen LogP) is 5.39. The highest BCUT2D eigenvalue weighted by molar-refractivity contribution is 7.80. The van der Waals surface area contributed by atoms with E-state index in [4.69, 9.17) is 21.4 Å². The molecule has 5 heteroatoms. The van der Waals surface area contributed by atoms with Gasteiger partial charge in [0.1, 0.15) is 11.5 Å². The van der Waals surface area contributed by atoms with E-state index in [2.05, 4.69) is 35.3 Å². The Balaban J connectivity index is 1.74. The van der Waals surface area contributed by atoms with E-state index >= 15 is 0 Å². The summed E-state index contributed by atoms with van der Waals surface area (Å²) in [6, 6.07) is 20.0. The molecule has 2 aromatic carbocycles. The molecule has 3 aromatic rings. The maximum absolute atomic E-state index is 5.70. The van der Waals surface area contributed by atoms with Crippen LogP contribution in [-0.4, -0.2) is 16.6 Å².